The van der Waals surface area contributed by atoms with Crippen molar-refractivity contribution in [3.05, 3.63) is 38.1 Å². The molecule has 0 N–H and O–H groups in total. The Morgan fingerprint density at radius 2 is 2.11 bits per heavy atom. The predicted molar refractivity (Wildman–Crippen MR) is 66.9 cm³/mol. The van der Waals surface area contributed by atoms with Gasteiger partial charge in [-0.05, 0) is 22.0 Å². The van der Waals surface area contributed by atoms with Gasteiger partial charge in [0, 0.05) is 31.3 Å². The number of hydrogen-bond donors (Lipinski definition) is 0. The molecule has 1 aromatic carbocycles. The molecule has 0 spiro atoms. The minimum Gasteiger partial charge on any atom is -0.379 e. The lowest BCUT2D eigenvalue weighted by atomic mass is 10.1. The smallest absolute Gasteiger partial charge is 0.275 e. The summed E-state index contributed by atoms with van der Waals surface area (Å²) in [6, 6.07) is 2.43. The Balaban J connectivity index is 2.24. The SMILES string of the molecule is O=[N+]([O-])c1cc(Br)c(F)cc1CN1CCOCC1. The van der Waals surface area contributed by atoms with Gasteiger partial charge in [-0.2, -0.15) is 0 Å². The van der Waals surface area contributed by atoms with Gasteiger partial charge in [-0.25, -0.2) is 4.39 Å². The van der Waals surface area contributed by atoms with Crippen LogP contribution in [0.1, 0.15) is 5.56 Å². The summed E-state index contributed by atoms with van der Waals surface area (Å²) in [6.07, 6.45) is 0. The highest BCUT2D eigenvalue weighted by atomic mass is 79.9. The molecular formula is C11H12BrFN2O3. The molecule has 1 aliphatic heterocycles. The van der Waals surface area contributed by atoms with Gasteiger partial charge in [0.15, 0.2) is 0 Å². The van der Waals surface area contributed by atoms with Crippen molar-refractivity contribution in [2.24, 2.45) is 0 Å². The van der Waals surface area contributed by atoms with Crippen LogP contribution in [-0.4, -0.2) is 36.1 Å². The van der Waals surface area contributed by atoms with Crippen molar-refractivity contribution in [1.82, 2.24) is 4.90 Å². The van der Waals surface area contributed by atoms with Gasteiger partial charge >= 0.3 is 0 Å². The van der Waals surface area contributed by atoms with Crippen molar-refractivity contribution in [1.29, 1.82) is 0 Å². The van der Waals surface area contributed by atoms with Crippen molar-refractivity contribution in [3.8, 4) is 0 Å². The van der Waals surface area contributed by atoms with Gasteiger partial charge in [0.1, 0.15) is 5.82 Å². The van der Waals surface area contributed by atoms with Crippen molar-refractivity contribution < 1.29 is 14.1 Å². The number of morpholine rings is 1. The Hall–Kier alpha value is -1.05. The van der Waals surface area contributed by atoms with Crippen molar-refractivity contribution in [2.45, 2.75) is 6.54 Å². The lowest BCUT2D eigenvalue weighted by Crippen LogP contribution is -2.35. The zero-order valence-electron chi connectivity index (χ0n) is 9.57. The van der Waals surface area contributed by atoms with E-state index < -0.39 is 10.7 Å². The van der Waals surface area contributed by atoms with Gasteiger partial charge in [0.2, 0.25) is 0 Å². The maximum atomic E-state index is 13.5. The first kappa shape index (κ1) is 13.4. The Kier molecular flexibility index (Phi) is 4.26. The first-order chi connectivity index (χ1) is 8.58. The molecule has 0 radical (unpaired) electrons. The molecule has 1 fully saturated rings. The predicted octanol–water partition coefficient (Wildman–Crippen LogP) is 2.33. The largest absolute Gasteiger partial charge is 0.379 e. The minimum absolute atomic E-state index is 0.0604. The van der Waals surface area contributed by atoms with E-state index in [1.807, 2.05) is 4.90 Å². The van der Waals surface area contributed by atoms with Crippen LogP contribution in [0.25, 0.3) is 0 Å². The Morgan fingerprint density at radius 1 is 1.44 bits per heavy atom. The molecule has 18 heavy (non-hydrogen) atoms. The molecule has 0 atom stereocenters. The van der Waals surface area contributed by atoms with E-state index in [0.717, 1.165) is 0 Å². The van der Waals surface area contributed by atoms with Gasteiger partial charge in [0.25, 0.3) is 5.69 Å². The summed E-state index contributed by atoms with van der Waals surface area (Å²) in [5.74, 6) is -0.483. The van der Waals surface area contributed by atoms with E-state index in [4.69, 9.17) is 4.74 Å². The summed E-state index contributed by atoms with van der Waals surface area (Å²) in [4.78, 5) is 12.5. The fraction of sp³-hybridized carbons (Fsp3) is 0.455. The fourth-order valence-corrected chi connectivity index (χ4v) is 2.21. The van der Waals surface area contributed by atoms with Crippen LogP contribution in [-0.2, 0) is 11.3 Å². The molecule has 0 aromatic heterocycles. The van der Waals surface area contributed by atoms with Crippen LogP contribution in [0, 0.1) is 15.9 Å². The first-order valence-electron chi connectivity index (χ1n) is 5.50. The maximum absolute atomic E-state index is 13.5. The maximum Gasteiger partial charge on any atom is 0.275 e. The van der Waals surface area contributed by atoms with Gasteiger partial charge in [-0.1, -0.05) is 0 Å². The third-order valence-electron chi connectivity index (χ3n) is 2.82. The second kappa shape index (κ2) is 5.73. The number of nitro benzene ring substituents is 1. The van der Waals surface area contributed by atoms with Gasteiger partial charge in [0.05, 0.1) is 22.6 Å². The topological polar surface area (TPSA) is 55.6 Å². The fourth-order valence-electron chi connectivity index (χ4n) is 1.87. The molecule has 1 aliphatic rings. The summed E-state index contributed by atoms with van der Waals surface area (Å²) in [5.41, 5.74) is 0.331. The van der Waals surface area contributed by atoms with Crippen LogP contribution < -0.4 is 0 Å². The molecule has 0 saturated carbocycles. The van der Waals surface area contributed by atoms with Crippen LogP contribution in [0.3, 0.4) is 0 Å². The number of nitro groups is 1. The zero-order chi connectivity index (χ0) is 13.1. The molecule has 2 rings (SSSR count). The van der Waals surface area contributed by atoms with Crippen LogP contribution in [0.4, 0.5) is 10.1 Å². The van der Waals surface area contributed by atoms with Gasteiger partial charge in [-0.15, -0.1) is 0 Å². The second-order valence-electron chi connectivity index (χ2n) is 4.04. The Morgan fingerprint density at radius 3 is 2.72 bits per heavy atom. The van der Waals surface area contributed by atoms with E-state index in [9.17, 15) is 14.5 Å². The van der Waals surface area contributed by atoms with E-state index in [1.165, 1.54) is 12.1 Å². The average molecular weight is 319 g/mol. The van der Waals surface area contributed by atoms with Gasteiger partial charge in [-0.3, -0.25) is 15.0 Å². The summed E-state index contributed by atoms with van der Waals surface area (Å²) in [6.45, 7) is 2.98. The average Bonchev–Trinajstić information content (AvgIpc) is 2.34. The van der Waals surface area contributed by atoms with E-state index >= 15 is 0 Å². The zero-order valence-corrected chi connectivity index (χ0v) is 11.2. The third kappa shape index (κ3) is 3.04. The lowest BCUT2D eigenvalue weighted by molar-refractivity contribution is -0.385. The van der Waals surface area contributed by atoms with Crippen LogP contribution in [0.15, 0.2) is 16.6 Å². The van der Waals surface area contributed by atoms with E-state index in [-0.39, 0.29) is 10.2 Å². The Bertz CT molecular complexity index is 464. The van der Waals surface area contributed by atoms with Gasteiger partial charge < -0.3 is 4.74 Å². The quantitative estimate of drug-likeness (QED) is 0.634. The molecule has 98 valence electrons. The summed E-state index contributed by atoms with van der Waals surface area (Å²) < 4.78 is 18.8. The lowest BCUT2D eigenvalue weighted by Gasteiger charge is -2.26. The summed E-state index contributed by atoms with van der Waals surface area (Å²) in [5, 5.41) is 10.9. The van der Waals surface area contributed by atoms with E-state index in [0.29, 0.717) is 38.4 Å². The summed E-state index contributed by atoms with van der Waals surface area (Å²) >= 11 is 2.96. The molecule has 1 saturated heterocycles. The molecule has 5 nitrogen and oxygen atoms in total. The molecule has 7 heteroatoms. The number of ether oxygens (including phenoxy) is 1. The third-order valence-corrected chi connectivity index (χ3v) is 3.42. The van der Waals surface area contributed by atoms with Crippen LogP contribution >= 0.6 is 15.9 Å². The molecule has 0 aliphatic carbocycles. The molecule has 0 amide bonds. The normalized spacial score (nSPS) is 16.8. The molecule has 0 unspecified atom stereocenters. The molecular weight excluding hydrogens is 307 g/mol. The van der Waals surface area contributed by atoms with Crippen LogP contribution in [0.5, 0.6) is 0 Å². The minimum atomic E-state index is -0.486. The number of nitrogens with zero attached hydrogens (tertiary/aromatic N) is 2. The number of halogens is 2. The van der Waals surface area contributed by atoms with Crippen molar-refractivity contribution in [2.75, 3.05) is 26.3 Å². The first-order valence-corrected chi connectivity index (χ1v) is 6.29. The number of benzene rings is 1. The number of rotatable bonds is 3. The molecule has 1 heterocycles. The second-order valence-corrected chi connectivity index (χ2v) is 4.89. The van der Waals surface area contributed by atoms with Crippen molar-refractivity contribution >= 4 is 21.6 Å². The highest BCUT2D eigenvalue weighted by molar-refractivity contribution is 9.10. The highest BCUT2D eigenvalue weighted by Gasteiger charge is 2.20. The molecule has 0 bridgehead atoms. The highest BCUT2D eigenvalue weighted by Crippen LogP contribution is 2.27. The van der Waals surface area contributed by atoms with E-state index in [1.54, 1.807) is 0 Å². The van der Waals surface area contributed by atoms with E-state index in [2.05, 4.69) is 15.9 Å². The standard InChI is InChI=1S/C11H12BrFN2O3/c12-9-6-11(15(16)17)8(5-10(9)13)7-14-1-3-18-4-2-14/h5-6H,1-4,7H2. The monoisotopic (exact) mass is 318 g/mol. The van der Waals surface area contributed by atoms with Crippen LogP contribution in [0.2, 0.25) is 0 Å². The van der Waals surface area contributed by atoms with Crippen molar-refractivity contribution in [3.63, 3.8) is 0 Å². The molecule has 1 aromatic rings. The number of hydrogen-bond acceptors (Lipinski definition) is 4. The summed E-state index contributed by atoms with van der Waals surface area (Å²) in [7, 11) is 0. The Labute approximate surface area is 112 Å².